The molecule has 0 radical (unpaired) electrons. The van der Waals surface area contributed by atoms with Gasteiger partial charge in [0.1, 0.15) is 41.4 Å². The molecule has 0 spiro atoms. The van der Waals surface area contributed by atoms with E-state index in [1.165, 1.54) is 7.11 Å². The molecule has 1 heterocycles. The summed E-state index contributed by atoms with van der Waals surface area (Å²) < 4.78 is 37.6. The number of phenolic OH excluding ortho intramolecular Hbond substituents is 2. The van der Waals surface area contributed by atoms with Gasteiger partial charge in [-0.3, -0.25) is 14.4 Å². The number of benzene rings is 2. The number of carbonyl (C=O) groups excluding carboxylic acids is 2. The van der Waals surface area contributed by atoms with Crippen molar-refractivity contribution in [2.45, 2.75) is 33.1 Å². The highest BCUT2D eigenvalue weighted by molar-refractivity contribution is 5.92. The molecule has 0 unspecified atom stereocenters. The van der Waals surface area contributed by atoms with E-state index >= 15 is 0 Å². The Morgan fingerprint density at radius 2 is 1.54 bits per heavy atom. The summed E-state index contributed by atoms with van der Waals surface area (Å²) >= 11 is 0. The maximum Gasteiger partial charge on any atom is 0.312 e. The van der Waals surface area contributed by atoms with Crippen molar-refractivity contribution in [1.29, 1.82) is 0 Å². The zero-order valence-corrected chi connectivity index (χ0v) is 26.1. The van der Waals surface area contributed by atoms with Gasteiger partial charge in [0.15, 0.2) is 5.76 Å². The molecule has 0 aliphatic heterocycles. The normalized spacial score (nSPS) is 10.7. The van der Waals surface area contributed by atoms with Gasteiger partial charge in [-0.05, 0) is 44.5 Å². The standard InChI is InChI=1S/C34H38O12/c1-5-14-41-15-16-42-17-18-43-19-20-44-28(37)12-13-29(38)45-34-31(39)30-27(36)21-26(35)25(11-6-22(2)3)33(30)46-32(34)23-7-9-24(40-4)10-8-23/h1,6-10,21,35-36H,11-20H2,2-4H3. The first-order valence-electron chi connectivity index (χ1n) is 14.5. The van der Waals surface area contributed by atoms with Crippen molar-refractivity contribution in [1.82, 2.24) is 0 Å². The number of fused-ring (bicyclic) bond motifs is 1. The number of phenols is 2. The monoisotopic (exact) mass is 638 g/mol. The second-order valence-electron chi connectivity index (χ2n) is 10.1. The van der Waals surface area contributed by atoms with E-state index in [1.807, 2.05) is 19.9 Å². The zero-order valence-electron chi connectivity index (χ0n) is 26.1. The van der Waals surface area contributed by atoms with E-state index in [0.717, 1.165) is 11.6 Å². The number of ether oxygens (including phenoxy) is 6. The van der Waals surface area contributed by atoms with Crippen LogP contribution in [0, 0.1) is 12.3 Å². The Morgan fingerprint density at radius 3 is 2.17 bits per heavy atom. The summed E-state index contributed by atoms with van der Waals surface area (Å²) in [5.74, 6) is -0.0944. The SMILES string of the molecule is C#CCOCCOCCOCCOC(=O)CCC(=O)Oc1c(-c2ccc(OC)cc2)oc2c(CC=C(C)C)c(O)cc(O)c2c1=O. The number of aromatic hydroxyl groups is 2. The molecule has 0 fully saturated rings. The van der Waals surface area contributed by atoms with Crippen LogP contribution in [0.5, 0.6) is 23.0 Å². The maximum atomic E-state index is 13.7. The number of hydrogen-bond acceptors (Lipinski definition) is 12. The quantitative estimate of drug-likeness (QED) is 0.0881. The summed E-state index contributed by atoms with van der Waals surface area (Å²) in [6.45, 7) is 5.44. The van der Waals surface area contributed by atoms with E-state index in [1.54, 1.807) is 24.3 Å². The molecule has 0 amide bonds. The fourth-order valence-corrected chi connectivity index (χ4v) is 4.12. The van der Waals surface area contributed by atoms with E-state index in [9.17, 15) is 24.6 Å². The number of methoxy groups -OCH3 is 1. The minimum Gasteiger partial charge on any atom is -0.507 e. The van der Waals surface area contributed by atoms with Crippen molar-refractivity contribution in [3.05, 3.63) is 57.8 Å². The van der Waals surface area contributed by atoms with Crippen LogP contribution in [0.1, 0.15) is 32.3 Å². The van der Waals surface area contributed by atoms with Gasteiger partial charge in [-0.1, -0.05) is 17.6 Å². The molecular weight excluding hydrogens is 600 g/mol. The van der Waals surface area contributed by atoms with Gasteiger partial charge in [-0.25, -0.2) is 0 Å². The fourth-order valence-electron chi connectivity index (χ4n) is 4.12. The first-order valence-corrected chi connectivity index (χ1v) is 14.5. The predicted octanol–water partition coefficient (Wildman–Crippen LogP) is 4.30. The van der Waals surface area contributed by atoms with Gasteiger partial charge in [0.2, 0.25) is 11.2 Å². The maximum absolute atomic E-state index is 13.7. The minimum absolute atomic E-state index is 0.0315. The van der Waals surface area contributed by atoms with E-state index in [0.29, 0.717) is 31.1 Å². The summed E-state index contributed by atoms with van der Waals surface area (Å²) in [7, 11) is 1.50. The third kappa shape index (κ3) is 10.4. The third-order valence-corrected chi connectivity index (χ3v) is 6.42. The first-order chi connectivity index (χ1) is 22.2. The lowest BCUT2D eigenvalue weighted by Crippen LogP contribution is -2.18. The van der Waals surface area contributed by atoms with Gasteiger partial charge in [-0.15, -0.1) is 6.42 Å². The Hall–Kier alpha value is -4.83. The molecule has 0 saturated carbocycles. The van der Waals surface area contributed by atoms with Crippen LogP contribution in [0.25, 0.3) is 22.3 Å². The lowest BCUT2D eigenvalue weighted by atomic mass is 10.0. The number of hydrogen-bond donors (Lipinski definition) is 2. The highest BCUT2D eigenvalue weighted by Gasteiger charge is 2.25. The molecule has 1 aromatic heterocycles. The smallest absolute Gasteiger partial charge is 0.312 e. The van der Waals surface area contributed by atoms with E-state index < -0.39 is 35.3 Å². The van der Waals surface area contributed by atoms with E-state index in [-0.39, 0.29) is 67.3 Å². The zero-order chi connectivity index (χ0) is 33.5. The van der Waals surface area contributed by atoms with E-state index in [2.05, 4.69) is 5.92 Å². The molecule has 12 heteroatoms. The first kappa shape index (κ1) is 35.6. The average molecular weight is 639 g/mol. The molecule has 2 aromatic carbocycles. The van der Waals surface area contributed by atoms with Crippen LogP contribution in [0.4, 0.5) is 0 Å². The number of rotatable bonds is 18. The lowest BCUT2D eigenvalue weighted by Gasteiger charge is -2.14. The molecule has 12 nitrogen and oxygen atoms in total. The number of allylic oxidation sites excluding steroid dienone is 2. The van der Waals surface area contributed by atoms with Crippen LogP contribution in [0.3, 0.4) is 0 Å². The van der Waals surface area contributed by atoms with Crippen molar-refractivity contribution < 1.29 is 52.6 Å². The van der Waals surface area contributed by atoms with Crippen LogP contribution >= 0.6 is 0 Å². The molecule has 2 N–H and O–H groups in total. The molecule has 46 heavy (non-hydrogen) atoms. The molecule has 3 rings (SSSR count). The molecule has 0 bridgehead atoms. The number of terminal acetylenes is 1. The average Bonchev–Trinajstić information content (AvgIpc) is 3.03. The molecule has 0 saturated heterocycles. The third-order valence-electron chi connectivity index (χ3n) is 6.42. The van der Waals surface area contributed by atoms with Gasteiger partial charge in [0.05, 0.1) is 53.0 Å². The molecule has 3 aromatic rings. The Kier molecular flexibility index (Phi) is 14.1. The molecule has 0 atom stereocenters. The lowest BCUT2D eigenvalue weighted by molar-refractivity contribution is -0.148. The van der Waals surface area contributed by atoms with Crippen molar-refractivity contribution in [3.63, 3.8) is 0 Å². The topological polar surface area (TPSA) is 160 Å². The van der Waals surface area contributed by atoms with Crippen molar-refractivity contribution in [2.75, 3.05) is 53.4 Å². The summed E-state index contributed by atoms with van der Waals surface area (Å²) in [5.41, 5.74) is 0.695. The largest absolute Gasteiger partial charge is 0.507 e. The Balaban J connectivity index is 1.70. The van der Waals surface area contributed by atoms with Crippen LogP contribution in [-0.4, -0.2) is 75.5 Å². The van der Waals surface area contributed by atoms with E-state index in [4.69, 9.17) is 39.3 Å². The van der Waals surface area contributed by atoms with Crippen molar-refractivity contribution in [3.8, 4) is 46.7 Å². The molecule has 0 aliphatic carbocycles. The Labute approximate surface area is 266 Å². The van der Waals surface area contributed by atoms with Gasteiger partial charge in [-0.2, -0.15) is 0 Å². The molecule has 0 aliphatic rings. The second-order valence-corrected chi connectivity index (χ2v) is 10.1. The molecular formula is C34H38O12. The van der Waals surface area contributed by atoms with Crippen LogP contribution in [-0.2, 0) is 35.0 Å². The highest BCUT2D eigenvalue weighted by Crippen LogP contribution is 2.39. The summed E-state index contributed by atoms with van der Waals surface area (Å²) in [6, 6.07) is 7.48. The van der Waals surface area contributed by atoms with Crippen LogP contribution < -0.4 is 14.9 Å². The summed E-state index contributed by atoms with van der Waals surface area (Å²) in [4.78, 5) is 38.7. The van der Waals surface area contributed by atoms with Crippen LogP contribution in [0.15, 0.2) is 51.2 Å². The number of esters is 2. The fraction of sp³-hybridized carbons (Fsp3) is 0.382. The molecule has 246 valence electrons. The second kappa shape index (κ2) is 18.2. The summed E-state index contributed by atoms with van der Waals surface area (Å²) in [6.07, 6.45) is 6.39. The van der Waals surface area contributed by atoms with Crippen molar-refractivity contribution >= 4 is 22.9 Å². The minimum atomic E-state index is -0.902. The van der Waals surface area contributed by atoms with Gasteiger partial charge >= 0.3 is 11.9 Å². The van der Waals surface area contributed by atoms with Gasteiger partial charge < -0.3 is 43.1 Å². The van der Waals surface area contributed by atoms with Gasteiger partial charge in [0, 0.05) is 17.2 Å². The van der Waals surface area contributed by atoms with Gasteiger partial charge in [0.25, 0.3) is 0 Å². The Morgan fingerprint density at radius 1 is 0.913 bits per heavy atom. The van der Waals surface area contributed by atoms with Crippen molar-refractivity contribution in [2.24, 2.45) is 0 Å². The highest BCUT2D eigenvalue weighted by atomic mass is 16.6. The predicted molar refractivity (Wildman–Crippen MR) is 168 cm³/mol. The Bertz CT molecular complexity index is 1610. The summed E-state index contributed by atoms with van der Waals surface area (Å²) in [5, 5.41) is 21.0. The van der Waals surface area contributed by atoms with Crippen LogP contribution in [0.2, 0.25) is 0 Å². The number of carbonyl (C=O) groups is 2.